The predicted molar refractivity (Wildman–Crippen MR) is 77.1 cm³/mol. The van der Waals surface area contributed by atoms with E-state index in [-0.39, 0.29) is 11.7 Å². The summed E-state index contributed by atoms with van der Waals surface area (Å²) in [6.07, 6.45) is 0.805. The summed E-state index contributed by atoms with van der Waals surface area (Å²) in [5.74, 6) is -0.317. The molecule has 1 amide bonds. The molecule has 0 spiro atoms. The summed E-state index contributed by atoms with van der Waals surface area (Å²) in [5.41, 5.74) is 4.73. The Hall–Kier alpha value is -1.31. The van der Waals surface area contributed by atoms with Crippen molar-refractivity contribution in [2.24, 2.45) is 16.3 Å². The highest BCUT2D eigenvalue weighted by Gasteiger charge is 2.44. The normalized spacial score (nSPS) is 18.8. The van der Waals surface area contributed by atoms with Crippen LogP contribution in [-0.4, -0.2) is 30.2 Å². The lowest BCUT2D eigenvalue weighted by Crippen LogP contribution is -2.52. The first-order valence-electron chi connectivity index (χ1n) is 6.17. The van der Waals surface area contributed by atoms with Gasteiger partial charge in [-0.1, -0.05) is 16.8 Å². The minimum atomic E-state index is -0.992. The number of halogens is 1. The Bertz CT molecular complexity index is 512. The van der Waals surface area contributed by atoms with Crippen molar-refractivity contribution in [2.75, 3.05) is 13.2 Å². The van der Waals surface area contributed by atoms with Crippen LogP contribution in [0.2, 0.25) is 4.34 Å². The maximum Gasteiger partial charge on any atom is 0.234 e. The highest BCUT2D eigenvalue weighted by molar-refractivity contribution is 7.16. The van der Waals surface area contributed by atoms with Gasteiger partial charge in [-0.05, 0) is 25.0 Å². The molecular weight excluding hydrogens is 302 g/mol. The Morgan fingerprint density at radius 1 is 1.55 bits per heavy atom. The topological polar surface area (TPSA) is 96.9 Å². The van der Waals surface area contributed by atoms with E-state index >= 15 is 0 Å². The van der Waals surface area contributed by atoms with Gasteiger partial charge in [-0.3, -0.25) is 4.79 Å². The summed E-state index contributed by atoms with van der Waals surface area (Å²) in [4.78, 5) is 13.4. The van der Waals surface area contributed by atoms with Crippen LogP contribution >= 0.6 is 22.9 Å². The molecule has 0 aromatic carbocycles. The maximum atomic E-state index is 12.4. The third-order valence-electron chi connectivity index (χ3n) is 3.43. The SMILES string of the molecule is NC(=NO)C1(C(=O)NCc2ccc(Cl)s2)CCOCC1. The second kappa shape index (κ2) is 6.43. The molecule has 0 atom stereocenters. The van der Waals surface area contributed by atoms with Crippen LogP contribution in [0.3, 0.4) is 0 Å². The second-order valence-electron chi connectivity index (χ2n) is 4.57. The van der Waals surface area contributed by atoms with Crippen molar-refractivity contribution < 1.29 is 14.7 Å². The Labute approximate surface area is 125 Å². The smallest absolute Gasteiger partial charge is 0.234 e. The van der Waals surface area contributed by atoms with Gasteiger partial charge in [0.2, 0.25) is 5.91 Å². The molecule has 1 aliphatic rings. The zero-order valence-electron chi connectivity index (χ0n) is 10.8. The van der Waals surface area contributed by atoms with Crippen LogP contribution < -0.4 is 11.1 Å². The quantitative estimate of drug-likeness (QED) is 0.340. The van der Waals surface area contributed by atoms with Gasteiger partial charge in [0.15, 0.2) is 5.84 Å². The summed E-state index contributed by atoms with van der Waals surface area (Å²) in [6.45, 7) is 1.19. The lowest BCUT2D eigenvalue weighted by Gasteiger charge is -2.34. The zero-order chi connectivity index (χ0) is 14.6. The Kier molecular flexibility index (Phi) is 4.85. The van der Waals surface area contributed by atoms with Crippen molar-refractivity contribution in [3.63, 3.8) is 0 Å². The lowest BCUT2D eigenvalue weighted by atomic mass is 9.78. The van der Waals surface area contributed by atoms with Crippen LogP contribution in [0.5, 0.6) is 0 Å². The zero-order valence-corrected chi connectivity index (χ0v) is 12.3. The summed E-state index contributed by atoms with van der Waals surface area (Å²) < 4.78 is 5.92. The number of carbonyl (C=O) groups excluding carboxylic acids is 1. The Morgan fingerprint density at radius 2 is 2.25 bits per heavy atom. The maximum absolute atomic E-state index is 12.4. The first kappa shape index (κ1) is 15.1. The summed E-state index contributed by atoms with van der Waals surface area (Å²) in [5, 5.41) is 14.8. The fourth-order valence-corrected chi connectivity index (χ4v) is 3.23. The van der Waals surface area contributed by atoms with Crippen LogP contribution in [0.15, 0.2) is 17.3 Å². The summed E-state index contributed by atoms with van der Waals surface area (Å²) in [7, 11) is 0. The number of nitrogens with zero attached hydrogens (tertiary/aromatic N) is 1. The highest BCUT2D eigenvalue weighted by Crippen LogP contribution is 2.31. The number of hydrogen-bond acceptors (Lipinski definition) is 5. The van der Waals surface area contributed by atoms with Crippen molar-refractivity contribution in [2.45, 2.75) is 19.4 Å². The van der Waals surface area contributed by atoms with Gasteiger partial charge in [0.25, 0.3) is 0 Å². The molecule has 0 aliphatic carbocycles. The first-order valence-corrected chi connectivity index (χ1v) is 7.36. The number of ether oxygens (including phenoxy) is 1. The van der Waals surface area contributed by atoms with Crippen LogP contribution in [0, 0.1) is 5.41 Å². The van der Waals surface area contributed by atoms with E-state index in [1.165, 1.54) is 11.3 Å². The number of rotatable bonds is 4. The number of nitrogens with two attached hydrogens (primary N) is 1. The van der Waals surface area contributed by atoms with E-state index in [9.17, 15) is 4.79 Å². The number of oxime groups is 1. The molecule has 2 heterocycles. The Balaban J connectivity index is 2.07. The average Bonchev–Trinajstić information content (AvgIpc) is 2.90. The minimum Gasteiger partial charge on any atom is -0.409 e. The lowest BCUT2D eigenvalue weighted by molar-refractivity contribution is -0.131. The van der Waals surface area contributed by atoms with Crippen molar-refractivity contribution >= 4 is 34.7 Å². The molecule has 8 heteroatoms. The van der Waals surface area contributed by atoms with Crippen LogP contribution in [0.25, 0.3) is 0 Å². The van der Waals surface area contributed by atoms with Gasteiger partial charge < -0.3 is 21.0 Å². The molecule has 2 rings (SSSR count). The van der Waals surface area contributed by atoms with Crippen molar-refractivity contribution in [3.8, 4) is 0 Å². The van der Waals surface area contributed by atoms with Crippen LogP contribution in [-0.2, 0) is 16.1 Å². The van der Waals surface area contributed by atoms with E-state index in [1.54, 1.807) is 6.07 Å². The molecule has 1 aromatic rings. The molecule has 0 saturated carbocycles. The number of amides is 1. The third kappa shape index (κ3) is 3.05. The van der Waals surface area contributed by atoms with Gasteiger partial charge in [-0.25, -0.2) is 0 Å². The highest BCUT2D eigenvalue weighted by atomic mass is 35.5. The molecule has 0 unspecified atom stereocenters. The molecule has 110 valence electrons. The molecule has 1 fully saturated rings. The van der Waals surface area contributed by atoms with Crippen molar-refractivity contribution in [3.05, 3.63) is 21.3 Å². The van der Waals surface area contributed by atoms with E-state index in [0.29, 0.717) is 36.9 Å². The first-order chi connectivity index (χ1) is 9.58. The molecule has 1 saturated heterocycles. The molecule has 4 N–H and O–H groups in total. The monoisotopic (exact) mass is 317 g/mol. The number of carbonyl (C=O) groups is 1. The van der Waals surface area contributed by atoms with Crippen LogP contribution in [0.4, 0.5) is 0 Å². The van der Waals surface area contributed by atoms with Gasteiger partial charge in [0.05, 0.1) is 10.9 Å². The van der Waals surface area contributed by atoms with Crippen molar-refractivity contribution in [1.29, 1.82) is 0 Å². The van der Waals surface area contributed by atoms with Gasteiger partial charge in [-0.15, -0.1) is 11.3 Å². The summed E-state index contributed by atoms with van der Waals surface area (Å²) >= 11 is 7.25. The van der Waals surface area contributed by atoms with E-state index in [2.05, 4.69) is 10.5 Å². The van der Waals surface area contributed by atoms with Gasteiger partial charge in [0.1, 0.15) is 5.41 Å². The number of amidine groups is 1. The van der Waals surface area contributed by atoms with E-state index in [1.807, 2.05) is 6.07 Å². The fraction of sp³-hybridized carbons (Fsp3) is 0.500. The van der Waals surface area contributed by atoms with Gasteiger partial charge in [0, 0.05) is 18.1 Å². The van der Waals surface area contributed by atoms with Crippen LogP contribution in [0.1, 0.15) is 17.7 Å². The standard InChI is InChI=1S/C12H16ClN3O3S/c13-9-2-1-8(20-9)7-15-11(17)12(10(14)16-18)3-5-19-6-4-12/h1-2,18H,3-7H2,(H2,14,16)(H,15,17). The Morgan fingerprint density at radius 3 is 2.80 bits per heavy atom. The molecule has 1 aliphatic heterocycles. The van der Waals surface area contributed by atoms with E-state index in [0.717, 1.165) is 4.88 Å². The molecular formula is C12H16ClN3O3S. The molecule has 1 aromatic heterocycles. The average molecular weight is 318 g/mol. The molecule has 0 radical (unpaired) electrons. The number of hydrogen-bond donors (Lipinski definition) is 3. The minimum absolute atomic E-state index is 0.0671. The third-order valence-corrected chi connectivity index (χ3v) is 4.66. The van der Waals surface area contributed by atoms with Gasteiger partial charge in [-0.2, -0.15) is 0 Å². The number of nitrogens with one attached hydrogen (secondary N) is 1. The predicted octanol–water partition coefficient (Wildman–Crippen LogP) is 1.56. The van der Waals surface area contributed by atoms with E-state index in [4.69, 9.17) is 27.3 Å². The largest absolute Gasteiger partial charge is 0.409 e. The molecule has 20 heavy (non-hydrogen) atoms. The molecule has 6 nitrogen and oxygen atoms in total. The van der Waals surface area contributed by atoms with E-state index < -0.39 is 5.41 Å². The van der Waals surface area contributed by atoms with Crippen molar-refractivity contribution in [1.82, 2.24) is 5.32 Å². The summed E-state index contributed by atoms with van der Waals surface area (Å²) in [6, 6.07) is 3.63. The fourth-order valence-electron chi connectivity index (χ4n) is 2.20. The second-order valence-corrected chi connectivity index (χ2v) is 6.37. The number of thiophene rings is 1. The molecule has 0 bridgehead atoms. The van der Waals surface area contributed by atoms with Gasteiger partial charge >= 0.3 is 0 Å².